The van der Waals surface area contributed by atoms with Crippen molar-refractivity contribution in [2.45, 2.75) is 6.92 Å². The third-order valence-corrected chi connectivity index (χ3v) is 2.61. The molecule has 2 aromatic heterocycles. The highest BCUT2D eigenvalue weighted by molar-refractivity contribution is 6.30. The fourth-order valence-electron chi connectivity index (χ4n) is 1.35. The van der Waals surface area contributed by atoms with Crippen LogP contribution in [0.4, 0.5) is 5.69 Å². The molecule has 0 bridgehead atoms. The first-order valence-corrected chi connectivity index (χ1v) is 5.35. The maximum Gasteiger partial charge on any atom is 0.275 e. The zero-order valence-corrected chi connectivity index (χ0v) is 10.2. The van der Waals surface area contributed by atoms with Crippen molar-refractivity contribution in [3.63, 3.8) is 0 Å². The molecule has 1 amide bonds. The van der Waals surface area contributed by atoms with Gasteiger partial charge in [0.2, 0.25) is 0 Å². The Hall–Kier alpha value is -1.88. The van der Waals surface area contributed by atoms with Crippen LogP contribution in [0.5, 0.6) is 0 Å². The third-order valence-electron chi connectivity index (χ3n) is 2.21. The zero-order chi connectivity index (χ0) is 12.4. The van der Waals surface area contributed by atoms with Gasteiger partial charge in [-0.2, -0.15) is 0 Å². The molecule has 0 unspecified atom stereocenters. The van der Waals surface area contributed by atoms with Crippen molar-refractivity contribution in [1.82, 2.24) is 14.5 Å². The predicted molar refractivity (Wildman–Crippen MR) is 65.1 cm³/mol. The van der Waals surface area contributed by atoms with Gasteiger partial charge in [0, 0.05) is 13.2 Å². The summed E-state index contributed by atoms with van der Waals surface area (Å²) in [6, 6.07) is 1.76. The Morgan fingerprint density at radius 3 is 2.82 bits per heavy atom. The summed E-state index contributed by atoms with van der Waals surface area (Å²) in [6.45, 7) is 1.83. The standard InChI is InChI=1S/C11H11ClN4O/c1-7-3-8(4-13-10(7)12)15-11(17)9-5-16(2)6-14-9/h3-6H,1-2H3,(H,15,17). The van der Waals surface area contributed by atoms with E-state index in [1.54, 1.807) is 30.2 Å². The van der Waals surface area contributed by atoms with Crippen LogP contribution in [0.2, 0.25) is 5.15 Å². The smallest absolute Gasteiger partial charge is 0.275 e. The Kier molecular flexibility index (Phi) is 3.10. The molecule has 17 heavy (non-hydrogen) atoms. The summed E-state index contributed by atoms with van der Waals surface area (Å²) < 4.78 is 1.71. The first-order valence-electron chi connectivity index (χ1n) is 4.98. The highest BCUT2D eigenvalue weighted by Crippen LogP contribution is 2.16. The fourth-order valence-corrected chi connectivity index (χ4v) is 1.46. The molecule has 0 aliphatic carbocycles. The summed E-state index contributed by atoms with van der Waals surface area (Å²) in [6.07, 6.45) is 4.72. The van der Waals surface area contributed by atoms with Gasteiger partial charge >= 0.3 is 0 Å². The van der Waals surface area contributed by atoms with Gasteiger partial charge < -0.3 is 9.88 Å². The largest absolute Gasteiger partial charge is 0.340 e. The van der Waals surface area contributed by atoms with Gasteiger partial charge in [0.15, 0.2) is 0 Å². The molecule has 2 aromatic rings. The summed E-state index contributed by atoms with van der Waals surface area (Å²) in [4.78, 5) is 19.7. The topological polar surface area (TPSA) is 59.8 Å². The van der Waals surface area contributed by atoms with E-state index in [1.165, 1.54) is 6.20 Å². The first kappa shape index (κ1) is 11.6. The zero-order valence-electron chi connectivity index (χ0n) is 9.44. The molecule has 2 rings (SSSR count). The number of amides is 1. The van der Waals surface area contributed by atoms with E-state index < -0.39 is 0 Å². The van der Waals surface area contributed by atoms with Gasteiger partial charge in [0.1, 0.15) is 10.8 Å². The van der Waals surface area contributed by atoms with Gasteiger partial charge in [-0.05, 0) is 18.6 Å². The molecule has 0 saturated heterocycles. The molecule has 0 spiro atoms. The number of aromatic nitrogens is 3. The number of nitrogens with one attached hydrogen (secondary N) is 1. The lowest BCUT2D eigenvalue weighted by molar-refractivity contribution is 0.102. The van der Waals surface area contributed by atoms with Crippen LogP contribution in [0.15, 0.2) is 24.8 Å². The molecule has 6 heteroatoms. The average molecular weight is 251 g/mol. The Labute approximate surface area is 103 Å². The lowest BCUT2D eigenvalue weighted by Crippen LogP contribution is -2.12. The van der Waals surface area contributed by atoms with Gasteiger partial charge in [-0.1, -0.05) is 11.6 Å². The Bertz CT molecular complexity index is 564. The summed E-state index contributed by atoms with van der Waals surface area (Å²) >= 11 is 5.80. The van der Waals surface area contributed by atoms with Gasteiger partial charge in [-0.3, -0.25) is 4.79 Å². The fraction of sp³-hybridized carbons (Fsp3) is 0.182. The van der Waals surface area contributed by atoms with Gasteiger partial charge in [-0.25, -0.2) is 9.97 Å². The number of imidazole rings is 1. The molecule has 0 atom stereocenters. The Morgan fingerprint density at radius 1 is 1.47 bits per heavy atom. The van der Waals surface area contributed by atoms with Crippen LogP contribution in [-0.4, -0.2) is 20.4 Å². The minimum atomic E-state index is -0.269. The Balaban J connectivity index is 2.15. The Morgan fingerprint density at radius 2 is 2.24 bits per heavy atom. The number of pyridine rings is 1. The van der Waals surface area contributed by atoms with Crippen molar-refractivity contribution < 1.29 is 4.79 Å². The van der Waals surface area contributed by atoms with E-state index in [9.17, 15) is 4.79 Å². The van der Waals surface area contributed by atoms with E-state index in [2.05, 4.69) is 15.3 Å². The monoisotopic (exact) mass is 250 g/mol. The second-order valence-electron chi connectivity index (χ2n) is 3.71. The lowest BCUT2D eigenvalue weighted by Gasteiger charge is -2.04. The van der Waals surface area contributed by atoms with Crippen LogP contribution in [-0.2, 0) is 7.05 Å². The average Bonchev–Trinajstić information content (AvgIpc) is 2.70. The van der Waals surface area contributed by atoms with Crippen LogP contribution >= 0.6 is 11.6 Å². The maximum atomic E-state index is 11.8. The van der Waals surface area contributed by atoms with Crippen LogP contribution in [0, 0.1) is 6.92 Å². The number of aryl methyl sites for hydroxylation is 2. The summed E-state index contributed by atoms with van der Waals surface area (Å²) in [5, 5.41) is 3.14. The van der Waals surface area contributed by atoms with Crippen molar-refractivity contribution in [1.29, 1.82) is 0 Å². The highest BCUT2D eigenvalue weighted by atomic mass is 35.5. The number of carbonyl (C=O) groups is 1. The number of nitrogens with zero attached hydrogens (tertiary/aromatic N) is 3. The van der Waals surface area contributed by atoms with E-state index in [0.29, 0.717) is 16.5 Å². The van der Waals surface area contributed by atoms with Crippen molar-refractivity contribution in [2.75, 3.05) is 5.32 Å². The SMILES string of the molecule is Cc1cc(NC(=O)c2cn(C)cn2)cnc1Cl. The number of hydrogen-bond donors (Lipinski definition) is 1. The number of anilines is 1. The molecule has 0 aromatic carbocycles. The van der Waals surface area contributed by atoms with Crippen molar-refractivity contribution in [3.8, 4) is 0 Å². The molecule has 88 valence electrons. The van der Waals surface area contributed by atoms with Crippen molar-refractivity contribution in [3.05, 3.63) is 41.2 Å². The molecule has 0 aliphatic heterocycles. The second kappa shape index (κ2) is 4.55. The highest BCUT2D eigenvalue weighted by Gasteiger charge is 2.09. The van der Waals surface area contributed by atoms with E-state index in [-0.39, 0.29) is 5.91 Å². The third kappa shape index (κ3) is 2.62. The molecule has 0 radical (unpaired) electrons. The second-order valence-corrected chi connectivity index (χ2v) is 4.07. The normalized spacial score (nSPS) is 10.3. The first-order chi connectivity index (χ1) is 8.06. The number of carbonyl (C=O) groups excluding carboxylic acids is 1. The molecule has 1 N–H and O–H groups in total. The summed E-state index contributed by atoms with van der Waals surface area (Å²) in [7, 11) is 1.80. The molecular formula is C11H11ClN4O. The number of halogens is 1. The summed E-state index contributed by atoms with van der Waals surface area (Å²) in [5.74, 6) is -0.269. The molecule has 2 heterocycles. The molecule has 5 nitrogen and oxygen atoms in total. The van der Waals surface area contributed by atoms with Gasteiger partial charge in [-0.15, -0.1) is 0 Å². The minimum Gasteiger partial charge on any atom is -0.340 e. The number of rotatable bonds is 2. The van der Waals surface area contributed by atoms with Crippen LogP contribution in [0.1, 0.15) is 16.1 Å². The molecule has 0 aliphatic rings. The maximum absolute atomic E-state index is 11.8. The molecule has 0 fully saturated rings. The summed E-state index contributed by atoms with van der Waals surface area (Å²) in [5.41, 5.74) is 1.77. The minimum absolute atomic E-state index is 0.269. The van der Waals surface area contributed by atoms with Crippen molar-refractivity contribution >= 4 is 23.2 Å². The van der Waals surface area contributed by atoms with E-state index in [1.807, 2.05) is 6.92 Å². The number of hydrogen-bond acceptors (Lipinski definition) is 3. The van der Waals surface area contributed by atoms with Gasteiger partial charge in [0.25, 0.3) is 5.91 Å². The molecular weight excluding hydrogens is 240 g/mol. The molecule has 0 saturated carbocycles. The van der Waals surface area contributed by atoms with Crippen LogP contribution in [0.25, 0.3) is 0 Å². The van der Waals surface area contributed by atoms with E-state index in [0.717, 1.165) is 5.56 Å². The van der Waals surface area contributed by atoms with Crippen LogP contribution < -0.4 is 5.32 Å². The quantitative estimate of drug-likeness (QED) is 0.830. The predicted octanol–water partition coefficient (Wildman–Crippen LogP) is 2.03. The van der Waals surface area contributed by atoms with E-state index >= 15 is 0 Å². The van der Waals surface area contributed by atoms with Crippen LogP contribution in [0.3, 0.4) is 0 Å². The lowest BCUT2D eigenvalue weighted by atomic mass is 10.3. The van der Waals surface area contributed by atoms with Crippen molar-refractivity contribution in [2.24, 2.45) is 7.05 Å². The van der Waals surface area contributed by atoms with E-state index in [4.69, 9.17) is 11.6 Å². The van der Waals surface area contributed by atoms with Gasteiger partial charge in [0.05, 0.1) is 18.2 Å².